The average molecular weight is 276 g/mol. The highest BCUT2D eigenvalue weighted by atomic mass is 16.4. The Morgan fingerprint density at radius 2 is 1.70 bits per heavy atom. The van der Waals surface area contributed by atoms with Crippen LogP contribution in [0, 0.1) is 13.8 Å². The number of aliphatic carboxylic acids is 1. The molecule has 1 saturated heterocycles. The van der Waals surface area contributed by atoms with Crippen LogP contribution in [-0.4, -0.2) is 53.6 Å². The summed E-state index contributed by atoms with van der Waals surface area (Å²) in [4.78, 5) is 15.3. The Balaban J connectivity index is 1.96. The number of hydrogen-bond acceptors (Lipinski definition) is 3. The molecular weight excluding hydrogens is 252 g/mol. The third-order valence-electron chi connectivity index (χ3n) is 4.07. The maximum atomic E-state index is 10.8. The molecule has 1 aliphatic heterocycles. The van der Waals surface area contributed by atoms with Crippen molar-refractivity contribution >= 4 is 5.97 Å². The molecule has 1 aromatic rings. The van der Waals surface area contributed by atoms with Crippen LogP contribution < -0.4 is 0 Å². The maximum absolute atomic E-state index is 10.8. The number of hydrogen-bond donors (Lipinski definition) is 1. The van der Waals surface area contributed by atoms with E-state index in [0.717, 1.165) is 39.1 Å². The first-order chi connectivity index (χ1) is 9.56. The highest BCUT2D eigenvalue weighted by Gasteiger charge is 2.17. The molecule has 1 fully saturated rings. The Hall–Kier alpha value is -1.39. The molecule has 0 unspecified atom stereocenters. The van der Waals surface area contributed by atoms with E-state index >= 15 is 0 Å². The molecule has 110 valence electrons. The van der Waals surface area contributed by atoms with Gasteiger partial charge in [0.1, 0.15) is 0 Å². The fourth-order valence-corrected chi connectivity index (χ4v) is 2.85. The Bertz CT molecular complexity index is 453. The highest BCUT2D eigenvalue weighted by Crippen LogP contribution is 2.17. The summed E-state index contributed by atoms with van der Waals surface area (Å²) in [5.74, 6) is -0.729. The van der Waals surface area contributed by atoms with E-state index in [1.165, 1.54) is 16.7 Å². The quantitative estimate of drug-likeness (QED) is 0.912. The van der Waals surface area contributed by atoms with Gasteiger partial charge in [-0.05, 0) is 43.5 Å². The normalized spacial score (nSPS) is 17.9. The first kappa shape index (κ1) is 15.0. The fraction of sp³-hybridized carbons (Fsp3) is 0.562. The van der Waals surface area contributed by atoms with Crippen LogP contribution >= 0.6 is 0 Å². The molecule has 0 aliphatic carbocycles. The lowest BCUT2D eigenvalue weighted by Gasteiger charge is -2.22. The summed E-state index contributed by atoms with van der Waals surface area (Å²) in [6.45, 7) is 9.18. The second-order valence-corrected chi connectivity index (χ2v) is 5.67. The molecule has 0 aromatic heterocycles. The number of carboxylic acid groups (broad SMARTS) is 1. The van der Waals surface area contributed by atoms with Crippen molar-refractivity contribution in [3.8, 4) is 0 Å². The fourth-order valence-electron chi connectivity index (χ4n) is 2.85. The number of carbonyl (C=O) groups is 1. The Morgan fingerprint density at radius 3 is 2.35 bits per heavy atom. The van der Waals surface area contributed by atoms with E-state index in [-0.39, 0.29) is 6.54 Å². The maximum Gasteiger partial charge on any atom is 0.317 e. The van der Waals surface area contributed by atoms with Gasteiger partial charge in [-0.3, -0.25) is 14.6 Å². The van der Waals surface area contributed by atoms with Crippen molar-refractivity contribution < 1.29 is 9.90 Å². The van der Waals surface area contributed by atoms with Crippen LogP contribution in [0.4, 0.5) is 0 Å². The van der Waals surface area contributed by atoms with Crippen molar-refractivity contribution in [2.45, 2.75) is 26.8 Å². The molecule has 20 heavy (non-hydrogen) atoms. The van der Waals surface area contributed by atoms with Gasteiger partial charge in [-0.15, -0.1) is 0 Å². The minimum Gasteiger partial charge on any atom is -0.480 e. The van der Waals surface area contributed by atoms with E-state index in [2.05, 4.69) is 36.9 Å². The van der Waals surface area contributed by atoms with Gasteiger partial charge in [-0.25, -0.2) is 0 Å². The summed E-state index contributed by atoms with van der Waals surface area (Å²) < 4.78 is 0. The number of nitrogens with zero attached hydrogens (tertiary/aromatic N) is 2. The van der Waals surface area contributed by atoms with E-state index in [4.69, 9.17) is 5.11 Å². The van der Waals surface area contributed by atoms with Crippen molar-refractivity contribution in [1.82, 2.24) is 9.80 Å². The third-order valence-corrected chi connectivity index (χ3v) is 4.07. The van der Waals surface area contributed by atoms with Gasteiger partial charge >= 0.3 is 5.97 Å². The van der Waals surface area contributed by atoms with Gasteiger partial charge in [0.15, 0.2) is 0 Å². The van der Waals surface area contributed by atoms with E-state index < -0.39 is 5.97 Å². The smallest absolute Gasteiger partial charge is 0.317 e. The second kappa shape index (κ2) is 6.86. The molecule has 0 atom stereocenters. The van der Waals surface area contributed by atoms with E-state index in [1.54, 1.807) is 0 Å². The van der Waals surface area contributed by atoms with E-state index in [0.29, 0.717) is 0 Å². The van der Waals surface area contributed by atoms with Gasteiger partial charge in [0.05, 0.1) is 6.54 Å². The lowest BCUT2D eigenvalue weighted by Crippen LogP contribution is -2.34. The Labute approximate surface area is 121 Å². The second-order valence-electron chi connectivity index (χ2n) is 5.67. The summed E-state index contributed by atoms with van der Waals surface area (Å²) in [5.41, 5.74) is 4.10. The number of benzene rings is 1. The lowest BCUT2D eigenvalue weighted by molar-refractivity contribution is -0.138. The molecule has 2 rings (SSSR count). The van der Waals surface area contributed by atoms with E-state index in [1.807, 2.05) is 4.90 Å². The number of carboxylic acids is 1. The van der Waals surface area contributed by atoms with Crippen LogP contribution in [0.2, 0.25) is 0 Å². The Morgan fingerprint density at radius 1 is 1.10 bits per heavy atom. The standard InChI is InChI=1S/C16H24N2O2/c1-13-5-3-6-14(2)15(13)11-17-7-4-8-18(10-9-17)12-16(19)20/h3,5-6H,4,7-12H2,1-2H3,(H,19,20). The zero-order chi connectivity index (χ0) is 14.5. The molecule has 0 spiro atoms. The van der Waals surface area contributed by atoms with Gasteiger partial charge in [-0.2, -0.15) is 0 Å². The zero-order valence-corrected chi connectivity index (χ0v) is 12.4. The van der Waals surface area contributed by atoms with Crippen molar-refractivity contribution in [2.24, 2.45) is 0 Å². The molecular formula is C16H24N2O2. The van der Waals surface area contributed by atoms with Gasteiger partial charge < -0.3 is 5.11 Å². The summed E-state index contributed by atoms with van der Waals surface area (Å²) in [6, 6.07) is 6.43. The number of rotatable bonds is 4. The minimum absolute atomic E-state index is 0.164. The molecule has 4 nitrogen and oxygen atoms in total. The molecule has 1 aromatic carbocycles. The van der Waals surface area contributed by atoms with Gasteiger partial charge in [-0.1, -0.05) is 18.2 Å². The van der Waals surface area contributed by atoms with Gasteiger partial charge in [0, 0.05) is 26.2 Å². The molecule has 4 heteroatoms. The average Bonchev–Trinajstić information content (AvgIpc) is 2.59. The van der Waals surface area contributed by atoms with Crippen LogP contribution in [-0.2, 0) is 11.3 Å². The van der Waals surface area contributed by atoms with Crippen LogP contribution in [0.15, 0.2) is 18.2 Å². The number of aryl methyl sites for hydroxylation is 2. The predicted molar refractivity (Wildman–Crippen MR) is 79.9 cm³/mol. The monoisotopic (exact) mass is 276 g/mol. The SMILES string of the molecule is Cc1cccc(C)c1CN1CCCN(CC(=O)O)CC1. The molecule has 1 aliphatic rings. The van der Waals surface area contributed by atoms with Gasteiger partial charge in [0.25, 0.3) is 0 Å². The van der Waals surface area contributed by atoms with Crippen molar-refractivity contribution in [3.63, 3.8) is 0 Å². The molecule has 0 saturated carbocycles. The highest BCUT2D eigenvalue weighted by molar-refractivity contribution is 5.69. The first-order valence-electron chi connectivity index (χ1n) is 7.28. The van der Waals surface area contributed by atoms with Crippen LogP contribution in [0.3, 0.4) is 0 Å². The minimum atomic E-state index is -0.729. The molecule has 0 radical (unpaired) electrons. The van der Waals surface area contributed by atoms with Crippen LogP contribution in [0.1, 0.15) is 23.1 Å². The first-order valence-corrected chi connectivity index (χ1v) is 7.28. The predicted octanol–water partition coefficient (Wildman–Crippen LogP) is 1.90. The third kappa shape index (κ3) is 4.05. The lowest BCUT2D eigenvalue weighted by atomic mass is 10.0. The van der Waals surface area contributed by atoms with Crippen LogP contribution in [0.25, 0.3) is 0 Å². The van der Waals surface area contributed by atoms with E-state index in [9.17, 15) is 4.79 Å². The zero-order valence-electron chi connectivity index (χ0n) is 12.4. The molecule has 0 bridgehead atoms. The molecule has 1 heterocycles. The summed E-state index contributed by atoms with van der Waals surface area (Å²) in [7, 11) is 0. The van der Waals surface area contributed by atoms with Gasteiger partial charge in [0.2, 0.25) is 0 Å². The Kier molecular flexibility index (Phi) is 5.15. The van der Waals surface area contributed by atoms with Crippen molar-refractivity contribution in [1.29, 1.82) is 0 Å². The topological polar surface area (TPSA) is 43.8 Å². The molecule has 0 amide bonds. The summed E-state index contributed by atoms with van der Waals surface area (Å²) >= 11 is 0. The van der Waals surface area contributed by atoms with Crippen LogP contribution in [0.5, 0.6) is 0 Å². The molecule has 1 N–H and O–H groups in total. The largest absolute Gasteiger partial charge is 0.480 e. The van der Waals surface area contributed by atoms with Crippen molar-refractivity contribution in [3.05, 3.63) is 34.9 Å². The van der Waals surface area contributed by atoms with Crippen molar-refractivity contribution in [2.75, 3.05) is 32.7 Å². The summed E-state index contributed by atoms with van der Waals surface area (Å²) in [5, 5.41) is 8.88. The summed E-state index contributed by atoms with van der Waals surface area (Å²) in [6.07, 6.45) is 1.04.